The van der Waals surface area contributed by atoms with Crippen molar-refractivity contribution in [3.63, 3.8) is 0 Å². The molecule has 20 heavy (non-hydrogen) atoms. The van der Waals surface area contributed by atoms with E-state index in [1.807, 2.05) is 6.92 Å². The third-order valence-electron chi connectivity index (χ3n) is 2.63. The highest BCUT2D eigenvalue weighted by molar-refractivity contribution is 7.17. The minimum atomic E-state index is -0.0995. The number of ketones is 1. The molecule has 2 aromatic rings. The van der Waals surface area contributed by atoms with Crippen molar-refractivity contribution in [2.24, 2.45) is 0 Å². The first-order valence-corrected chi connectivity index (χ1v) is 7.41. The second-order valence-corrected chi connectivity index (χ2v) is 5.81. The summed E-state index contributed by atoms with van der Waals surface area (Å²) in [7, 11) is 1.77. The van der Waals surface area contributed by atoms with E-state index in [1.165, 1.54) is 17.4 Å². The molecule has 1 heterocycles. The van der Waals surface area contributed by atoms with Gasteiger partial charge in [-0.1, -0.05) is 46.7 Å². The molecule has 1 aromatic carbocycles. The van der Waals surface area contributed by atoms with Gasteiger partial charge in [-0.05, 0) is 30.7 Å². The molecule has 0 amide bonds. The van der Waals surface area contributed by atoms with Crippen LogP contribution in [0.25, 0.3) is 6.08 Å². The lowest BCUT2D eigenvalue weighted by Gasteiger charge is -1.99. The first-order chi connectivity index (χ1) is 9.52. The maximum Gasteiger partial charge on any atom is 0.197 e. The van der Waals surface area contributed by atoms with Gasteiger partial charge in [0, 0.05) is 7.05 Å². The number of allylic oxidation sites excluding steroid dienone is 1. The number of hydrogen-bond acceptors (Lipinski definition) is 4. The highest BCUT2D eigenvalue weighted by Crippen LogP contribution is 2.27. The van der Waals surface area contributed by atoms with Crippen molar-refractivity contribution >= 4 is 51.5 Å². The third-order valence-corrected chi connectivity index (χ3v) is 4.65. The minimum Gasteiger partial charge on any atom is -0.365 e. The first-order valence-electron chi connectivity index (χ1n) is 5.84. The van der Waals surface area contributed by atoms with Crippen LogP contribution in [0.3, 0.4) is 0 Å². The average molecular weight is 327 g/mol. The van der Waals surface area contributed by atoms with Crippen LogP contribution in [0.4, 0.5) is 5.13 Å². The molecule has 2 rings (SSSR count). The number of aromatic nitrogens is 1. The number of aryl methyl sites for hydroxylation is 1. The Balaban J connectivity index is 2.24. The van der Waals surface area contributed by atoms with Crippen molar-refractivity contribution in [3.05, 3.63) is 50.5 Å². The van der Waals surface area contributed by atoms with Crippen LogP contribution < -0.4 is 5.32 Å². The smallest absolute Gasteiger partial charge is 0.197 e. The SMILES string of the molecule is CNc1nc(C)c(C(=O)/C=C/c2cccc(Cl)c2Cl)s1. The number of hydrogen-bond donors (Lipinski definition) is 1. The molecule has 0 radical (unpaired) electrons. The van der Waals surface area contributed by atoms with E-state index in [2.05, 4.69) is 10.3 Å². The minimum absolute atomic E-state index is 0.0995. The summed E-state index contributed by atoms with van der Waals surface area (Å²) in [6.45, 7) is 1.81. The molecule has 0 bridgehead atoms. The lowest BCUT2D eigenvalue weighted by Crippen LogP contribution is -1.93. The molecule has 0 aliphatic heterocycles. The Morgan fingerprint density at radius 3 is 2.80 bits per heavy atom. The van der Waals surface area contributed by atoms with Crippen molar-refractivity contribution in [1.82, 2.24) is 4.98 Å². The number of carbonyl (C=O) groups is 1. The molecule has 0 unspecified atom stereocenters. The summed E-state index contributed by atoms with van der Waals surface area (Å²) in [4.78, 5) is 17.0. The van der Waals surface area contributed by atoms with Crippen LogP contribution in [0.1, 0.15) is 20.9 Å². The fourth-order valence-electron chi connectivity index (χ4n) is 1.62. The molecule has 0 saturated carbocycles. The van der Waals surface area contributed by atoms with Crippen LogP contribution in [0.2, 0.25) is 10.0 Å². The van der Waals surface area contributed by atoms with E-state index in [0.29, 0.717) is 26.2 Å². The molecule has 1 aromatic heterocycles. The fraction of sp³-hybridized carbons (Fsp3) is 0.143. The van der Waals surface area contributed by atoms with Crippen LogP contribution in [0.5, 0.6) is 0 Å². The van der Waals surface area contributed by atoms with E-state index in [0.717, 1.165) is 5.13 Å². The van der Waals surface area contributed by atoms with Gasteiger partial charge in [0.2, 0.25) is 0 Å². The summed E-state index contributed by atoms with van der Waals surface area (Å²) in [6.07, 6.45) is 3.15. The predicted molar refractivity (Wildman–Crippen MR) is 86.2 cm³/mol. The highest BCUT2D eigenvalue weighted by atomic mass is 35.5. The highest BCUT2D eigenvalue weighted by Gasteiger charge is 2.12. The molecule has 3 nitrogen and oxygen atoms in total. The van der Waals surface area contributed by atoms with Gasteiger partial charge in [0.25, 0.3) is 0 Å². The van der Waals surface area contributed by atoms with Crippen molar-refractivity contribution < 1.29 is 4.79 Å². The fourth-order valence-corrected chi connectivity index (χ4v) is 2.83. The summed E-state index contributed by atoms with van der Waals surface area (Å²) in [5.41, 5.74) is 1.43. The Morgan fingerprint density at radius 2 is 2.15 bits per heavy atom. The van der Waals surface area contributed by atoms with E-state index in [1.54, 1.807) is 31.3 Å². The number of thiazole rings is 1. The van der Waals surface area contributed by atoms with E-state index in [9.17, 15) is 4.79 Å². The van der Waals surface area contributed by atoms with Gasteiger partial charge in [0.15, 0.2) is 10.9 Å². The van der Waals surface area contributed by atoms with Gasteiger partial charge >= 0.3 is 0 Å². The number of anilines is 1. The van der Waals surface area contributed by atoms with E-state index >= 15 is 0 Å². The van der Waals surface area contributed by atoms with Gasteiger partial charge < -0.3 is 5.32 Å². The van der Waals surface area contributed by atoms with Crippen LogP contribution in [-0.4, -0.2) is 17.8 Å². The molecule has 104 valence electrons. The molecule has 0 saturated heterocycles. The van der Waals surface area contributed by atoms with Gasteiger partial charge in [-0.25, -0.2) is 4.98 Å². The molecular formula is C14H12Cl2N2OS. The van der Waals surface area contributed by atoms with Crippen molar-refractivity contribution in [2.45, 2.75) is 6.92 Å². The van der Waals surface area contributed by atoms with Crippen molar-refractivity contribution in [2.75, 3.05) is 12.4 Å². The van der Waals surface area contributed by atoms with E-state index < -0.39 is 0 Å². The molecule has 0 aliphatic carbocycles. The Bertz CT molecular complexity index is 680. The van der Waals surface area contributed by atoms with Gasteiger partial charge in [0.1, 0.15) is 0 Å². The second-order valence-electron chi connectivity index (χ2n) is 4.02. The standard InChI is InChI=1S/C14H12Cl2N2OS/c1-8-13(20-14(17-2)18-8)11(19)7-6-9-4-3-5-10(15)12(9)16/h3-7H,1-2H3,(H,17,18)/b7-6+. The lowest BCUT2D eigenvalue weighted by atomic mass is 10.2. The normalized spacial score (nSPS) is 11.0. The van der Waals surface area contributed by atoms with Crippen molar-refractivity contribution in [1.29, 1.82) is 0 Å². The van der Waals surface area contributed by atoms with Crippen LogP contribution in [0, 0.1) is 6.92 Å². The first kappa shape index (κ1) is 15.0. The number of carbonyl (C=O) groups excluding carboxylic acids is 1. The van der Waals surface area contributed by atoms with Crippen LogP contribution in [-0.2, 0) is 0 Å². The van der Waals surface area contributed by atoms with Crippen LogP contribution in [0.15, 0.2) is 24.3 Å². The number of rotatable bonds is 4. The van der Waals surface area contributed by atoms with Gasteiger partial charge in [-0.15, -0.1) is 0 Å². The quantitative estimate of drug-likeness (QED) is 0.654. The molecule has 1 N–H and O–H groups in total. The maximum atomic E-state index is 12.1. The Labute approximate surface area is 131 Å². The largest absolute Gasteiger partial charge is 0.365 e. The van der Waals surface area contributed by atoms with E-state index in [-0.39, 0.29) is 5.78 Å². The Kier molecular flexibility index (Phi) is 4.81. The second kappa shape index (κ2) is 6.39. The van der Waals surface area contributed by atoms with Gasteiger partial charge in [-0.2, -0.15) is 0 Å². The van der Waals surface area contributed by atoms with Crippen LogP contribution >= 0.6 is 34.5 Å². The molecule has 0 atom stereocenters. The molecule has 0 fully saturated rings. The zero-order chi connectivity index (χ0) is 14.7. The zero-order valence-electron chi connectivity index (χ0n) is 10.9. The molecule has 0 spiro atoms. The predicted octanol–water partition coefficient (Wildman–Crippen LogP) is 4.70. The monoisotopic (exact) mass is 326 g/mol. The summed E-state index contributed by atoms with van der Waals surface area (Å²) in [6, 6.07) is 5.29. The number of nitrogens with zero attached hydrogens (tertiary/aromatic N) is 1. The topological polar surface area (TPSA) is 42.0 Å². The summed E-state index contributed by atoms with van der Waals surface area (Å²) in [5.74, 6) is -0.0995. The maximum absolute atomic E-state index is 12.1. The number of benzene rings is 1. The summed E-state index contributed by atoms with van der Waals surface area (Å²) < 4.78 is 0. The Hall–Kier alpha value is -1.36. The van der Waals surface area contributed by atoms with Gasteiger partial charge in [-0.3, -0.25) is 4.79 Å². The third kappa shape index (κ3) is 3.20. The lowest BCUT2D eigenvalue weighted by molar-refractivity contribution is 0.105. The van der Waals surface area contributed by atoms with Gasteiger partial charge in [0.05, 0.1) is 20.6 Å². The zero-order valence-corrected chi connectivity index (χ0v) is 13.2. The Morgan fingerprint density at radius 1 is 1.40 bits per heavy atom. The number of halogens is 2. The molecular weight excluding hydrogens is 315 g/mol. The summed E-state index contributed by atoms with van der Waals surface area (Å²) in [5, 5.41) is 4.55. The summed E-state index contributed by atoms with van der Waals surface area (Å²) >= 11 is 13.3. The molecule has 6 heteroatoms. The molecule has 0 aliphatic rings. The average Bonchev–Trinajstić information content (AvgIpc) is 2.81. The number of nitrogens with one attached hydrogen (secondary N) is 1. The van der Waals surface area contributed by atoms with E-state index in [4.69, 9.17) is 23.2 Å². The van der Waals surface area contributed by atoms with Crippen molar-refractivity contribution in [3.8, 4) is 0 Å².